The van der Waals surface area contributed by atoms with Gasteiger partial charge in [-0.3, -0.25) is 4.57 Å². The lowest BCUT2D eigenvalue weighted by Crippen LogP contribution is -2.02. The number of hydrogen-bond acceptors (Lipinski definition) is 4. The highest BCUT2D eigenvalue weighted by atomic mass is 35.5. The second-order valence-corrected chi connectivity index (χ2v) is 7.89. The first-order valence-corrected chi connectivity index (χ1v) is 10.6. The van der Waals surface area contributed by atoms with E-state index >= 15 is 0 Å². The van der Waals surface area contributed by atoms with Gasteiger partial charge in [-0.05, 0) is 54.4 Å². The Kier molecular flexibility index (Phi) is 5.88. The zero-order valence-corrected chi connectivity index (χ0v) is 17.7. The van der Waals surface area contributed by atoms with Crippen LogP contribution in [0.15, 0.2) is 78.0 Å². The Morgan fingerprint density at radius 3 is 2.38 bits per heavy atom. The summed E-state index contributed by atoms with van der Waals surface area (Å²) in [5, 5.41) is 10.6. The fraction of sp³-hybridized carbons (Fsp3) is 0.130. The molecule has 0 N–H and O–H groups in total. The number of nitrogens with zero attached hydrogens (tertiary/aromatic N) is 3. The maximum atomic E-state index is 6.33. The minimum Gasteiger partial charge on any atom is -0.497 e. The van der Waals surface area contributed by atoms with E-state index in [9.17, 15) is 0 Å². The Balaban J connectivity index is 1.76. The number of thioether (sulfide) groups is 1. The third-order valence-corrected chi connectivity index (χ3v) is 6.00. The van der Waals surface area contributed by atoms with Crippen molar-refractivity contribution < 1.29 is 4.74 Å². The molecule has 0 aliphatic rings. The molecule has 1 aromatic heterocycles. The molecule has 6 heteroatoms. The van der Waals surface area contributed by atoms with Crippen molar-refractivity contribution in [3.63, 3.8) is 0 Å². The van der Waals surface area contributed by atoms with Crippen LogP contribution in [0.5, 0.6) is 5.75 Å². The lowest BCUT2D eigenvalue weighted by molar-refractivity contribution is 0.415. The van der Waals surface area contributed by atoms with Crippen LogP contribution in [-0.2, 0) is 5.75 Å². The Morgan fingerprint density at radius 2 is 1.66 bits per heavy atom. The van der Waals surface area contributed by atoms with Crippen molar-refractivity contribution in [3.8, 4) is 22.8 Å². The highest BCUT2D eigenvalue weighted by Crippen LogP contribution is 2.32. The molecule has 29 heavy (non-hydrogen) atoms. The molecule has 4 rings (SSSR count). The number of aryl methyl sites for hydroxylation is 1. The summed E-state index contributed by atoms with van der Waals surface area (Å²) >= 11 is 7.96. The number of hydrogen-bond donors (Lipinski definition) is 0. The van der Waals surface area contributed by atoms with E-state index in [-0.39, 0.29) is 0 Å². The first kappa shape index (κ1) is 19.6. The third kappa shape index (κ3) is 4.16. The fourth-order valence-corrected chi connectivity index (χ4v) is 4.31. The van der Waals surface area contributed by atoms with Gasteiger partial charge in [0.2, 0.25) is 0 Å². The summed E-state index contributed by atoms with van der Waals surface area (Å²) in [5.74, 6) is 2.32. The van der Waals surface area contributed by atoms with Gasteiger partial charge in [-0.1, -0.05) is 59.8 Å². The molecule has 0 atom stereocenters. The van der Waals surface area contributed by atoms with Crippen molar-refractivity contribution in [3.05, 3.63) is 88.9 Å². The standard InChI is InChI=1S/C23H20ClN3OS/c1-16-7-3-6-10-21(16)27-22(17-11-13-19(28-2)14-12-17)25-26-23(27)29-15-18-8-4-5-9-20(18)24/h3-14H,15H2,1-2H3. The molecule has 0 fully saturated rings. The Labute approximate surface area is 179 Å². The van der Waals surface area contributed by atoms with Gasteiger partial charge in [0.1, 0.15) is 5.75 Å². The van der Waals surface area contributed by atoms with Gasteiger partial charge in [-0.25, -0.2) is 0 Å². The van der Waals surface area contributed by atoms with E-state index in [2.05, 4.69) is 33.8 Å². The Bertz CT molecular complexity index is 1130. The zero-order valence-electron chi connectivity index (χ0n) is 16.2. The molecule has 3 aromatic carbocycles. The van der Waals surface area contributed by atoms with Crippen molar-refractivity contribution >= 4 is 23.4 Å². The van der Waals surface area contributed by atoms with E-state index in [0.29, 0.717) is 5.75 Å². The van der Waals surface area contributed by atoms with E-state index in [1.807, 2.05) is 60.7 Å². The number of halogens is 1. The third-order valence-electron chi connectivity index (χ3n) is 4.65. The largest absolute Gasteiger partial charge is 0.497 e. The summed E-state index contributed by atoms with van der Waals surface area (Å²) < 4.78 is 7.39. The lowest BCUT2D eigenvalue weighted by Gasteiger charge is -2.13. The van der Waals surface area contributed by atoms with Crippen molar-refractivity contribution in [2.75, 3.05) is 7.11 Å². The van der Waals surface area contributed by atoms with Crippen LogP contribution in [0.4, 0.5) is 0 Å². The zero-order chi connectivity index (χ0) is 20.2. The average Bonchev–Trinajstić information content (AvgIpc) is 3.17. The van der Waals surface area contributed by atoms with Crippen LogP contribution in [0.25, 0.3) is 17.1 Å². The van der Waals surface area contributed by atoms with Crippen LogP contribution < -0.4 is 4.74 Å². The molecule has 146 valence electrons. The first-order valence-electron chi connectivity index (χ1n) is 9.19. The predicted octanol–water partition coefficient (Wildman–Crippen LogP) is 6.20. The number of ether oxygens (including phenoxy) is 1. The van der Waals surface area contributed by atoms with E-state index in [1.165, 1.54) is 0 Å². The van der Waals surface area contributed by atoms with E-state index in [1.54, 1.807) is 18.9 Å². The molecular weight excluding hydrogens is 402 g/mol. The van der Waals surface area contributed by atoms with Crippen molar-refractivity contribution in [2.45, 2.75) is 17.8 Å². The van der Waals surface area contributed by atoms with E-state index in [4.69, 9.17) is 16.3 Å². The molecule has 0 aliphatic carbocycles. The SMILES string of the molecule is COc1ccc(-c2nnc(SCc3ccccc3Cl)n2-c2ccccc2C)cc1. The minimum atomic E-state index is 0.715. The number of para-hydroxylation sites is 1. The first-order chi connectivity index (χ1) is 14.2. The molecule has 0 aliphatic heterocycles. The Morgan fingerprint density at radius 1 is 0.931 bits per heavy atom. The topological polar surface area (TPSA) is 39.9 Å². The Hall–Kier alpha value is -2.76. The molecule has 4 nitrogen and oxygen atoms in total. The van der Waals surface area contributed by atoms with Crippen LogP contribution in [-0.4, -0.2) is 21.9 Å². The van der Waals surface area contributed by atoms with Gasteiger partial charge in [0, 0.05) is 16.3 Å². The van der Waals surface area contributed by atoms with Crippen LogP contribution in [0.1, 0.15) is 11.1 Å². The molecule has 0 saturated carbocycles. The molecule has 1 heterocycles. The summed E-state index contributed by atoms with van der Waals surface area (Å²) in [5.41, 5.74) is 4.27. The van der Waals surface area contributed by atoms with Gasteiger partial charge >= 0.3 is 0 Å². The highest BCUT2D eigenvalue weighted by molar-refractivity contribution is 7.98. The van der Waals surface area contributed by atoms with Gasteiger partial charge < -0.3 is 4.74 Å². The summed E-state index contributed by atoms with van der Waals surface area (Å²) in [7, 11) is 1.66. The molecule has 0 spiro atoms. The van der Waals surface area contributed by atoms with E-state index < -0.39 is 0 Å². The molecular formula is C23H20ClN3OS. The highest BCUT2D eigenvalue weighted by Gasteiger charge is 2.18. The normalized spacial score (nSPS) is 10.9. The summed E-state index contributed by atoms with van der Waals surface area (Å²) in [6, 6.07) is 24.0. The van der Waals surface area contributed by atoms with Crippen LogP contribution in [0.3, 0.4) is 0 Å². The van der Waals surface area contributed by atoms with Crippen molar-refractivity contribution in [2.24, 2.45) is 0 Å². The molecule has 0 radical (unpaired) electrons. The number of rotatable bonds is 6. The molecule has 0 saturated heterocycles. The van der Waals surface area contributed by atoms with Crippen LogP contribution in [0.2, 0.25) is 5.02 Å². The van der Waals surface area contributed by atoms with E-state index in [0.717, 1.165) is 44.1 Å². The van der Waals surface area contributed by atoms with Crippen LogP contribution >= 0.6 is 23.4 Å². The number of benzene rings is 3. The molecule has 0 unspecified atom stereocenters. The number of aromatic nitrogens is 3. The predicted molar refractivity (Wildman–Crippen MR) is 119 cm³/mol. The van der Waals surface area contributed by atoms with Gasteiger partial charge in [-0.15, -0.1) is 10.2 Å². The summed E-state index contributed by atoms with van der Waals surface area (Å²) in [6.45, 7) is 2.09. The fourth-order valence-electron chi connectivity index (χ4n) is 3.08. The molecule has 0 amide bonds. The van der Waals surface area contributed by atoms with Crippen LogP contribution in [0, 0.1) is 6.92 Å². The molecule has 0 bridgehead atoms. The lowest BCUT2D eigenvalue weighted by atomic mass is 10.1. The second-order valence-electron chi connectivity index (χ2n) is 6.54. The van der Waals surface area contributed by atoms with Gasteiger partial charge in [0.25, 0.3) is 0 Å². The maximum Gasteiger partial charge on any atom is 0.196 e. The molecule has 4 aromatic rings. The monoisotopic (exact) mass is 421 g/mol. The minimum absolute atomic E-state index is 0.715. The maximum absolute atomic E-state index is 6.33. The summed E-state index contributed by atoms with van der Waals surface area (Å²) in [6.07, 6.45) is 0. The smallest absolute Gasteiger partial charge is 0.196 e. The van der Waals surface area contributed by atoms with Gasteiger partial charge in [0.15, 0.2) is 11.0 Å². The summed E-state index contributed by atoms with van der Waals surface area (Å²) in [4.78, 5) is 0. The average molecular weight is 422 g/mol. The number of methoxy groups -OCH3 is 1. The van der Waals surface area contributed by atoms with Crippen molar-refractivity contribution in [1.29, 1.82) is 0 Å². The second kappa shape index (κ2) is 8.72. The van der Waals surface area contributed by atoms with Gasteiger partial charge in [-0.2, -0.15) is 0 Å². The quantitative estimate of drug-likeness (QED) is 0.347. The van der Waals surface area contributed by atoms with Crippen molar-refractivity contribution in [1.82, 2.24) is 14.8 Å². The van der Waals surface area contributed by atoms with Gasteiger partial charge in [0.05, 0.1) is 12.8 Å².